The number of carbonyl (C=O) groups excluding carboxylic acids is 2. The van der Waals surface area contributed by atoms with Crippen LogP contribution in [-0.2, 0) is 4.79 Å². The van der Waals surface area contributed by atoms with Gasteiger partial charge in [-0.25, -0.2) is 4.98 Å². The van der Waals surface area contributed by atoms with Crippen LogP contribution in [0.4, 0.5) is 10.8 Å². The van der Waals surface area contributed by atoms with Crippen LogP contribution in [0.3, 0.4) is 0 Å². The van der Waals surface area contributed by atoms with E-state index in [9.17, 15) is 9.59 Å². The number of thiazole rings is 1. The lowest BCUT2D eigenvalue weighted by Gasteiger charge is -2.10. The molecular formula is C19H17BrN4O2S2. The van der Waals surface area contributed by atoms with Gasteiger partial charge in [-0.2, -0.15) is 0 Å². The second-order valence-electron chi connectivity index (χ2n) is 5.89. The Bertz CT molecular complexity index is 1050. The van der Waals surface area contributed by atoms with Gasteiger partial charge in [0.25, 0.3) is 5.91 Å². The van der Waals surface area contributed by atoms with Crippen LogP contribution in [0, 0.1) is 0 Å². The second-order valence-corrected chi connectivity index (χ2v) is 8.18. The number of hydrogen-bond acceptors (Lipinski definition) is 5. The van der Waals surface area contributed by atoms with Gasteiger partial charge in [0.2, 0.25) is 5.91 Å². The third-order valence-corrected chi connectivity index (χ3v) is 5.54. The van der Waals surface area contributed by atoms with Crippen LogP contribution >= 0.6 is 39.5 Å². The van der Waals surface area contributed by atoms with E-state index in [1.165, 1.54) is 11.3 Å². The molecule has 0 unspecified atom stereocenters. The highest BCUT2D eigenvalue weighted by Crippen LogP contribution is 2.28. The summed E-state index contributed by atoms with van der Waals surface area (Å²) in [6, 6.07) is 12.6. The number of amides is 2. The van der Waals surface area contributed by atoms with Crippen molar-refractivity contribution in [3.05, 3.63) is 52.5 Å². The number of aromatic nitrogens is 1. The Balaban J connectivity index is 1.66. The fourth-order valence-corrected chi connectivity index (χ4v) is 4.04. The van der Waals surface area contributed by atoms with Crippen LogP contribution in [0.5, 0.6) is 0 Å². The van der Waals surface area contributed by atoms with Gasteiger partial charge < -0.3 is 10.6 Å². The van der Waals surface area contributed by atoms with E-state index in [1.807, 2.05) is 31.2 Å². The van der Waals surface area contributed by atoms with Crippen LogP contribution < -0.4 is 16.0 Å². The van der Waals surface area contributed by atoms with Gasteiger partial charge in [-0.15, -0.1) is 0 Å². The maximum Gasteiger partial charge on any atom is 0.258 e. The molecule has 0 fully saturated rings. The van der Waals surface area contributed by atoms with Crippen molar-refractivity contribution >= 4 is 77.4 Å². The average Bonchev–Trinajstić information content (AvgIpc) is 3.03. The second kappa shape index (κ2) is 9.22. The highest BCUT2D eigenvalue weighted by Gasteiger charge is 2.12. The molecule has 1 heterocycles. The van der Waals surface area contributed by atoms with Crippen molar-refractivity contribution in [1.82, 2.24) is 10.3 Å². The van der Waals surface area contributed by atoms with Gasteiger partial charge in [-0.3, -0.25) is 14.9 Å². The van der Waals surface area contributed by atoms with E-state index < -0.39 is 0 Å². The summed E-state index contributed by atoms with van der Waals surface area (Å²) in [5.74, 6) is -0.347. The summed E-state index contributed by atoms with van der Waals surface area (Å²) < 4.78 is 1.59. The Kier molecular flexibility index (Phi) is 6.71. The van der Waals surface area contributed by atoms with E-state index in [1.54, 1.807) is 18.2 Å². The first kappa shape index (κ1) is 20.4. The zero-order valence-electron chi connectivity index (χ0n) is 14.9. The minimum Gasteiger partial charge on any atom is -0.332 e. The maximum absolute atomic E-state index is 12.3. The molecule has 2 aromatic carbocycles. The van der Waals surface area contributed by atoms with Gasteiger partial charge in [0.1, 0.15) is 0 Å². The topological polar surface area (TPSA) is 83.1 Å². The Morgan fingerprint density at radius 3 is 2.71 bits per heavy atom. The number of rotatable bonds is 5. The predicted octanol–water partition coefficient (Wildman–Crippen LogP) is 4.92. The number of thiocarbonyl (C=S) groups is 1. The van der Waals surface area contributed by atoms with Crippen LogP contribution in [0.15, 0.2) is 46.9 Å². The molecule has 6 nitrogen and oxygen atoms in total. The summed E-state index contributed by atoms with van der Waals surface area (Å²) >= 11 is 9.98. The van der Waals surface area contributed by atoms with E-state index in [0.717, 1.165) is 22.3 Å². The number of anilines is 2. The Morgan fingerprint density at radius 2 is 1.96 bits per heavy atom. The van der Waals surface area contributed by atoms with E-state index >= 15 is 0 Å². The number of hydrogen-bond donors (Lipinski definition) is 3. The van der Waals surface area contributed by atoms with Gasteiger partial charge in [0.05, 0.1) is 15.8 Å². The summed E-state index contributed by atoms with van der Waals surface area (Å²) in [7, 11) is 0. The smallest absolute Gasteiger partial charge is 0.258 e. The first-order chi connectivity index (χ1) is 13.5. The largest absolute Gasteiger partial charge is 0.332 e. The lowest BCUT2D eigenvalue weighted by molar-refractivity contribution is -0.116. The van der Waals surface area contributed by atoms with Crippen molar-refractivity contribution in [3.8, 4) is 0 Å². The number of nitrogens with zero attached hydrogens (tertiary/aromatic N) is 1. The van der Waals surface area contributed by atoms with Crippen LogP contribution in [0.1, 0.15) is 30.1 Å². The molecule has 0 atom stereocenters. The number of carbonyl (C=O) groups is 2. The van der Waals surface area contributed by atoms with Gasteiger partial charge >= 0.3 is 0 Å². The fourth-order valence-electron chi connectivity index (χ4n) is 2.44. The van der Waals surface area contributed by atoms with E-state index in [4.69, 9.17) is 12.2 Å². The van der Waals surface area contributed by atoms with E-state index in [2.05, 4.69) is 36.9 Å². The molecule has 3 N–H and O–H groups in total. The van der Waals surface area contributed by atoms with E-state index in [-0.39, 0.29) is 16.9 Å². The lowest BCUT2D eigenvalue weighted by Crippen LogP contribution is -2.34. The summed E-state index contributed by atoms with van der Waals surface area (Å²) in [5.41, 5.74) is 2.00. The van der Waals surface area contributed by atoms with E-state index in [0.29, 0.717) is 21.6 Å². The number of nitrogens with one attached hydrogen (secondary N) is 3. The molecule has 3 aromatic rings. The number of benzene rings is 2. The summed E-state index contributed by atoms with van der Waals surface area (Å²) in [6.07, 6.45) is 1.25. The zero-order chi connectivity index (χ0) is 20.1. The van der Waals surface area contributed by atoms with Gasteiger partial charge in [0, 0.05) is 16.6 Å². The first-order valence-electron chi connectivity index (χ1n) is 8.53. The summed E-state index contributed by atoms with van der Waals surface area (Å²) in [6.45, 7) is 1.95. The summed E-state index contributed by atoms with van der Waals surface area (Å²) in [4.78, 5) is 28.5. The standard InChI is InChI=1S/C19H17BrN4O2S2/c1-2-5-16(25)23-19-22-14-9-8-11(10-15(14)28-19)21-18(27)24-17(26)12-6-3-4-7-13(12)20/h3-4,6-10H,2,5H2,1H3,(H,22,23,25)(H2,21,24,26,27). The zero-order valence-corrected chi connectivity index (χ0v) is 18.1. The first-order valence-corrected chi connectivity index (χ1v) is 10.6. The van der Waals surface area contributed by atoms with Crippen molar-refractivity contribution in [3.63, 3.8) is 0 Å². The third kappa shape index (κ3) is 5.12. The number of halogens is 1. The van der Waals surface area contributed by atoms with Crippen molar-refractivity contribution in [2.24, 2.45) is 0 Å². The molecule has 28 heavy (non-hydrogen) atoms. The van der Waals surface area contributed by atoms with Crippen molar-refractivity contribution in [1.29, 1.82) is 0 Å². The molecule has 0 radical (unpaired) electrons. The quantitative estimate of drug-likeness (QED) is 0.455. The van der Waals surface area contributed by atoms with Crippen LogP contribution in [0.25, 0.3) is 10.2 Å². The Hall–Kier alpha value is -2.36. The molecule has 0 bridgehead atoms. The molecular weight excluding hydrogens is 460 g/mol. The van der Waals surface area contributed by atoms with Gasteiger partial charge in [-0.05, 0) is 64.9 Å². The molecule has 9 heteroatoms. The Labute approximate surface area is 179 Å². The average molecular weight is 477 g/mol. The molecule has 2 amide bonds. The lowest BCUT2D eigenvalue weighted by atomic mass is 10.2. The normalized spacial score (nSPS) is 10.5. The SMILES string of the molecule is CCCC(=O)Nc1nc2ccc(NC(=S)NC(=O)c3ccccc3Br)cc2s1. The maximum atomic E-state index is 12.3. The van der Waals surface area contributed by atoms with Crippen molar-refractivity contribution in [2.45, 2.75) is 19.8 Å². The fraction of sp³-hybridized carbons (Fsp3) is 0.158. The molecule has 0 spiro atoms. The number of fused-ring (bicyclic) bond motifs is 1. The van der Waals surface area contributed by atoms with Crippen LogP contribution in [-0.4, -0.2) is 21.9 Å². The molecule has 0 saturated heterocycles. The van der Waals surface area contributed by atoms with Crippen molar-refractivity contribution < 1.29 is 9.59 Å². The third-order valence-electron chi connectivity index (χ3n) is 3.72. The molecule has 3 rings (SSSR count). The molecule has 1 aromatic heterocycles. The van der Waals surface area contributed by atoms with Gasteiger partial charge in [0.15, 0.2) is 10.2 Å². The van der Waals surface area contributed by atoms with Crippen molar-refractivity contribution in [2.75, 3.05) is 10.6 Å². The Morgan fingerprint density at radius 1 is 1.18 bits per heavy atom. The summed E-state index contributed by atoms with van der Waals surface area (Å²) in [5, 5.41) is 9.22. The molecule has 0 saturated carbocycles. The minimum atomic E-state index is -0.301. The minimum absolute atomic E-state index is 0.0455. The molecule has 0 aliphatic heterocycles. The highest BCUT2D eigenvalue weighted by atomic mass is 79.9. The highest BCUT2D eigenvalue weighted by molar-refractivity contribution is 9.10. The molecule has 144 valence electrons. The van der Waals surface area contributed by atoms with Gasteiger partial charge in [-0.1, -0.05) is 30.4 Å². The van der Waals surface area contributed by atoms with Crippen LogP contribution in [0.2, 0.25) is 0 Å². The molecule has 0 aliphatic rings. The predicted molar refractivity (Wildman–Crippen MR) is 121 cm³/mol. The molecule has 0 aliphatic carbocycles. The monoisotopic (exact) mass is 476 g/mol.